The second kappa shape index (κ2) is 4.58. The second-order valence-corrected chi connectivity index (χ2v) is 5.75. The van der Waals surface area contributed by atoms with Gasteiger partial charge in [0.05, 0.1) is 0 Å². The molecule has 4 nitrogen and oxygen atoms in total. The Morgan fingerprint density at radius 2 is 2.12 bits per heavy atom. The van der Waals surface area contributed by atoms with E-state index >= 15 is 0 Å². The van der Waals surface area contributed by atoms with Crippen molar-refractivity contribution in [3.63, 3.8) is 0 Å². The Balaban J connectivity index is 1.55. The van der Waals surface area contributed by atoms with Gasteiger partial charge in [0.2, 0.25) is 0 Å². The molecule has 0 aromatic rings. The van der Waals surface area contributed by atoms with Crippen molar-refractivity contribution in [2.24, 2.45) is 5.41 Å². The summed E-state index contributed by atoms with van der Waals surface area (Å²) in [6.07, 6.45) is 5.44. The standard InChI is InChI=1S/C13H22N2O2/c16-12(11-2-1-9-17-11)15-7-4-13(5-8-15)3-6-14-10-13/h11,14H,1-10H2. The van der Waals surface area contributed by atoms with Crippen LogP contribution in [0, 0.1) is 5.41 Å². The highest BCUT2D eigenvalue weighted by atomic mass is 16.5. The molecule has 0 bridgehead atoms. The molecule has 1 spiro atoms. The predicted molar refractivity (Wildman–Crippen MR) is 64.7 cm³/mol. The summed E-state index contributed by atoms with van der Waals surface area (Å²) < 4.78 is 5.48. The zero-order valence-electron chi connectivity index (χ0n) is 10.4. The Morgan fingerprint density at radius 3 is 2.71 bits per heavy atom. The molecule has 0 saturated carbocycles. The number of ether oxygens (including phenoxy) is 1. The highest BCUT2D eigenvalue weighted by Crippen LogP contribution is 2.37. The predicted octanol–water partition coefficient (Wildman–Crippen LogP) is 0.767. The molecule has 0 aliphatic carbocycles. The molecule has 0 aromatic heterocycles. The van der Waals surface area contributed by atoms with Crippen LogP contribution in [0.4, 0.5) is 0 Å². The molecule has 3 aliphatic rings. The maximum atomic E-state index is 12.2. The second-order valence-electron chi connectivity index (χ2n) is 5.75. The third kappa shape index (κ3) is 2.20. The van der Waals surface area contributed by atoms with Gasteiger partial charge in [0.25, 0.3) is 5.91 Å². The first-order valence-electron chi connectivity index (χ1n) is 6.90. The minimum Gasteiger partial charge on any atom is -0.368 e. The van der Waals surface area contributed by atoms with Crippen molar-refractivity contribution >= 4 is 5.91 Å². The van der Waals surface area contributed by atoms with Crippen molar-refractivity contribution in [2.45, 2.75) is 38.2 Å². The highest BCUT2D eigenvalue weighted by molar-refractivity contribution is 5.81. The lowest BCUT2D eigenvalue weighted by Gasteiger charge is -2.39. The minimum absolute atomic E-state index is 0.134. The van der Waals surface area contributed by atoms with Crippen LogP contribution < -0.4 is 5.32 Å². The maximum Gasteiger partial charge on any atom is 0.251 e. The lowest BCUT2D eigenvalue weighted by Crippen LogP contribution is -2.47. The van der Waals surface area contributed by atoms with E-state index in [4.69, 9.17) is 4.74 Å². The number of nitrogens with zero attached hydrogens (tertiary/aromatic N) is 1. The van der Waals surface area contributed by atoms with Crippen molar-refractivity contribution in [2.75, 3.05) is 32.8 Å². The average molecular weight is 238 g/mol. The van der Waals surface area contributed by atoms with Crippen molar-refractivity contribution < 1.29 is 9.53 Å². The Morgan fingerprint density at radius 1 is 1.29 bits per heavy atom. The molecule has 3 aliphatic heterocycles. The summed E-state index contributed by atoms with van der Waals surface area (Å²) in [6.45, 7) is 4.92. The van der Waals surface area contributed by atoms with Crippen LogP contribution in [0.3, 0.4) is 0 Å². The summed E-state index contributed by atoms with van der Waals surface area (Å²) in [4.78, 5) is 14.2. The number of piperidine rings is 1. The van der Waals surface area contributed by atoms with E-state index in [-0.39, 0.29) is 12.0 Å². The van der Waals surface area contributed by atoms with E-state index in [2.05, 4.69) is 5.32 Å². The number of amides is 1. The molecule has 3 heterocycles. The zero-order chi connectivity index (χ0) is 11.7. The largest absolute Gasteiger partial charge is 0.368 e. The lowest BCUT2D eigenvalue weighted by molar-refractivity contribution is -0.143. The van der Waals surface area contributed by atoms with Crippen LogP contribution in [0.25, 0.3) is 0 Å². The Hall–Kier alpha value is -0.610. The molecule has 3 saturated heterocycles. The molecular formula is C13H22N2O2. The highest BCUT2D eigenvalue weighted by Gasteiger charge is 2.39. The van der Waals surface area contributed by atoms with Gasteiger partial charge in [0.1, 0.15) is 6.10 Å². The fourth-order valence-corrected chi connectivity index (χ4v) is 3.40. The normalized spacial score (nSPS) is 32.2. The van der Waals surface area contributed by atoms with Gasteiger partial charge < -0.3 is 15.0 Å². The SMILES string of the molecule is O=C(C1CCCO1)N1CCC2(CCNC2)CC1. The van der Waals surface area contributed by atoms with Crippen LogP contribution in [0.5, 0.6) is 0 Å². The topological polar surface area (TPSA) is 41.6 Å². The summed E-state index contributed by atoms with van der Waals surface area (Å²) in [5.41, 5.74) is 0.493. The Bertz CT molecular complexity index is 284. The van der Waals surface area contributed by atoms with Crippen molar-refractivity contribution in [1.29, 1.82) is 0 Å². The molecule has 17 heavy (non-hydrogen) atoms. The molecule has 4 heteroatoms. The van der Waals surface area contributed by atoms with Crippen LogP contribution >= 0.6 is 0 Å². The van der Waals surface area contributed by atoms with Gasteiger partial charge in [-0.3, -0.25) is 4.79 Å². The number of rotatable bonds is 1. The van der Waals surface area contributed by atoms with E-state index in [0.717, 1.165) is 45.6 Å². The Labute approximate surface area is 103 Å². The number of hydrogen-bond acceptors (Lipinski definition) is 3. The van der Waals surface area contributed by atoms with Gasteiger partial charge in [-0.25, -0.2) is 0 Å². The molecule has 1 amide bonds. The van der Waals surface area contributed by atoms with Crippen molar-refractivity contribution in [1.82, 2.24) is 10.2 Å². The maximum absolute atomic E-state index is 12.2. The van der Waals surface area contributed by atoms with Crippen LogP contribution in [0.15, 0.2) is 0 Å². The van der Waals surface area contributed by atoms with Gasteiger partial charge in [-0.05, 0) is 44.1 Å². The molecule has 1 unspecified atom stereocenters. The molecule has 0 radical (unpaired) electrons. The van der Waals surface area contributed by atoms with Gasteiger partial charge in [-0.2, -0.15) is 0 Å². The van der Waals surface area contributed by atoms with E-state index in [1.54, 1.807) is 0 Å². The molecule has 0 aromatic carbocycles. The smallest absolute Gasteiger partial charge is 0.251 e. The van der Waals surface area contributed by atoms with Crippen LogP contribution in [-0.4, -0.2) is 49.7 Å². The number of carbonyl (C=O) groups is 1. The quantitative estimate of drug-likeness (QED) is 0.733. The van der Waals surface area contributed by atoms with E-state index < -0.39 is 0 Å². The summed E-state index contributed by atoms with van der Waals surface area (Å²) in [7, 11) is 0. The number of hydrogen-bond donors (Lipinski definition) is 1. The molecule has 3 rings (SSSR count). The summed E-state index contributed by atoms with van der Waals surface area (Å²) in [5, 5.41) is 3.45. The monoisotopic (exact) mass is 238 g/mol. The first kappa shape index (κ1) is 11.5. The van der Waals surface area contributed by atoms with Crippen LogP contribution in [0.1, 0.15) is 32.1 Å². The zero-order valence-corrected chi connectivity index (χ0v) is 10.4. The minimum atomic E-state index is -0.134. The van der Waals surface area contributed by atoms with Crippen LogP contribution in [-0.2, 0) is 9.53 Å². The molecular weight excluding hydrogens is 216 g/mol. The van der Waals surface area contributed by atoms with E-state index in [0.29, 0.717) is 5.41 Å². The van der Waals surface area contributed by atoms with Gasteiger partial charge in [0, 0.05) is 26.2 Å². The fourth-order valence-electron chi connectivity index (χ4n) is 3.40. The summed E-state index contributed by atoms with van der Waals surface area (Å²) >= 11 is 0. The summed E-state index contributed by atoms with van der Waals surface area (Å²) in [6, 6.07) is 0. The first-order chi connectivity index (χ1) is 8.29. The number of nitrogens with one attached hydrogen (secondary N) is 1. The first-order valence-corrected chi connectivity index (χ1v) is 6.90. The van der Waals surface area contributed by atoms with E-state index in [9.17, 15) is 4.79 Å². The van der Waals surface area contributed by atoms with Gasteiger partial charge in [-0.1, -0.05) is 0 Å². The summed E-state index contributed by atoms with van der Waals surface area (Å²) in [5.74, 6) is 0.239. The lowest BCUT2D eigenvalue weighted by atomic mass is 9.78. The molecule has 96 valence electrons. The Kier molecular flexibility index (Phi) is 3.09. The molecule has 1 N–H and O–H groups in total. The fraction of sp³-hybridized carbons (Fsp3) is 0.923. The van der Waals surface area contributed by atoms with Gasteiger partial charge >= 0.3 is 0 Å². The molecule has 3 fully saturated rings. The van der Waals surface area contributed by atoms with E-state index in [1.165, 1.54) is 19.3 Å². The third-order valence-electron chi connectivity index (χ3n) is 4.67. The number of likely N-dealkylation sites (tertiary alicyclic amines) is 1. The van der Waals surface area contributed by atoms with E-state index in [1.807, 2.05) is 4.90 Å². The van der Waals surface area contributed by atoms with Crippen molar-refractivity contribution in [3.8, 4) is 0 Å². The van der Waals surface area contributed by atoms with Crippen LogP contribution in [0.2, 0.25) is 0 Å². The van der Waals surface area contributed by atoms with Gasteiger partial charge in [0.15, 0.2) is 0 Å². The average Bonchev–Trinajstić information content (AvgIpc) is 3.01. The third-order valence-corrected chi connectivity index (χ3v) is 4.67. The molecule has 1 atom stereocenters. The van der Waals surface area contributed by atoms with Crippen molar-refractivity contribution in [3.05, 3.63) is 0 Å². The number of carbonyl (C=O) groups excluding carboxylic acids is 1. The van der Waals surface area contributed by atoms with Gasteiger partial charge in [-0.15, -0.1) is 0 Å².